The second-order valence-electron chi connectivity index (χ2n) is 3.03. The number of carbonyl (C=O) groups is 1. The highest BCUT2D eigenvalue weighted by Crippen LogP contribution is 2.34. The highest BCUT2D eigenvalue weighted by atomic mass is 35.7. The minimum Gasteiger partial charge on any atom is -0.478 e. The maximum absolute atomic E-state index is 13.0. The quantitative estimate of drug-likeness (QED) is 0.798. The van der Waals surface area contributed by atoms with Gasteiger partial charge in [-0.25, -0.2) is 9.18 Å². The molecule has 0 radical (unpaired) electrons. The first kappa shape index (κ1) is 11.3. The van der Waals surface area contributed by atoms with Crippen molar-refractivity contribution in [3.63, 3.8) is 0 Å². The van der Waals surface area contributed by atoms with Crippen LogP contribution in [0.4, 0.5) is 4.39 Å². The molecule has 5 heteroatoms. The van der Waals surface area contributed by atoms with E-state index in [1.807, 2.05) is 0 Å². The van der Waals surface area contributed by atoms with E-state index >= 15 is 0 Å². The minimum absolute atomic E-state index is 0.0943. The van der Waals surface area contributed by atoms with Crippen molar-refractivity contribution < 1.29 is 14.3 Å². The fraction of sp³-hybridized carbons (Fsp3) is 0.222. The van der Waals surface area contributed by atoms with Gasteiger partial charge in [0.05, 0.1) is 10.3 Å². The van der Waals surface area contributed by atoms with Crippen molar-refractivity contribution >= 4 is 27.6 Å². The zero-order valence-corrected chi connectivity index (χ0v) is 8.90. The summed E-state index contributed by atoms with van der Waals surface area (Å²) in [6, 6.07) is 0. The van der Waals surface area contributed by atoms with Crippen molar-refractivity contribution in [2.45, 2.75) is 11.7 Å². The van der Waals surface area contributed by atoms with E-state index in [2.05, 4.69) is 0 Å². The van der Waals surface area contributed by atoms with Gasteiger partial charge in [-0.2, -0.15) is 0 Å². The Bertz CT molecular complexity index is 349. The van der Waals surface area contributed by atoms with Crippen LogP contribution in [-0.2, 0) is 4.79 Å². The Kier molecular flexibility index (Phi) is 3.39. The van der Waals surface area contributed by atoms with Crippen LogP contribution in [0.2, 0.25) is 0 Å². The van der Waals surface area contributed by atoms with E-state index in [4.69, 9.17) is 15.8 Å². The molecule has 0 saturated heterocycles. The Balaban J connectivity index is 3.15. The van der Waals surface area contributed by atoms with Crippen LogP contribution in [-0.4, -0.2) is 15.8 Å². The number of carboxylic acids is 1. The summed E-state index contributed by atoms with van der Waals surface area (Å²) in [6.07, 6.45) is 5.11. The summed E-state index contributed by atoms with van der Waals surface area (Å²) in [6.45, 7) is 1.70. The van der Waals surface area contributed by atoms with Gasteiger partial charge in [-0.15, -0.1) is 0 Å². The third kappa shape index (κ3) is 2.62. The summed E-state index contributed by atoms with van der Waals surface area (Å²) >= 11 is 0. The molecule has 0 spiro atoms. The predicted molar refractivity (Wildman–Crippen MR) is 55.9 cm³/mol. The molecular weight excluding hydrogens is 227 g/mol. The fourth-order valence-corrected chi connectivity index (χ4v) is 1.59. The molecule has 0 bridgehead atoms. The van der Waals surface area contributed by atoms with Gasteiger partial charge in [0.25, 0.3) is 0 Å². The molecule has 0 amide bonds. The molecule has 1 atom stereocenters. The Morgan fingerprint density at radius 2 is 2.36 bits per heavy atom. The molecule has 0 aromatic heterocycles. The third-order valence-corrected chi connectivity index (χ3v) is 3.31. The van der Waals surface area contributed by atoms with Crippen molar-refractivity contribution in [2.24, 2.45) is 0 Å². The van der Waals surface area contributed by atoms with Crippen molar-refractivity contribution in [3.05, 3.63) is 35.7 Å². The van der Waals surface area contributed by atoms with Gasteiger partial charge in [0.2, 0.25) is 0 Å². The molecule has 0 heterocycles. The van der Waals surface area contributed by atoms with E-state index < -0.39 is 16.5 Å². The smallest absolute Gasteiger partial charge is 0.335 e. The minimum atomic E-state index is -1.17. The van der Waals surface area contributed by atoms with Crippen molar-refractivity contribution in [1.29, 1.82) is 0 Å². The lowest BCUT2D eigenvalue weighted by atomic mass is 10.1. The van der Waals surface area contributed by atoms with Gasteiger partial charge in [-0.3, -0.25) is 0 Å². The Morgan fingerprint density at radius 1 is 1.71 bits per heavy atom. The lowest BCUT2D eigenvalue weighted by molar-refractivity contribution is -0.132. The molecule has 76 valence electrons. The Hall–Kier alpha value is -0.740. The van der Waals surface area contributed by atoms with Gasteiger partial charge < -0.3 is 5.11 Å². The summed E-state index contributed by atoms with van der Waals surface area (Å²) in [5.41, 5.74) is -0.0943. The Labute approximate surface area is 89.6 Å². The standard InChI is InChI=1S/C9H8ClFO2S/c1-9(14-10)3-2-7(11)4-6(5-9)8(12)13/h2-5H,1H3,(H,12,13). The largest absolute Gasteiger partial charge is 0.478 e. The van der Waals surface area contributed by atoms with Crippen molar-refractivity contribution in [1.82, 2.24) is 0 Å². The maximum atomic E-state index is 13.0. The van der Waals surface area contributed by atoms with E-state index in [1.54, 1.807) is 6.92 Å². The third-order valence-electron chi connectivity index (χ3n) is 1.72. The molecule has 0 saturated carbocycles. The fourth-order valence-electron chi connectivity index (χ4n) is 1.01. The molecule has 0 aliphatic heterocycles. The zero-order chi connectivity index (χ0) is 10.8. The molecule has 2 nitrogen and oxygen atoms in total. The first-order chi connectivity index (χ1) is 6.47. The normalized spacial score (nSPS) is 26.5. The van der Waals surface area contributed by atoms with E-state index in [1.165, 1.54) is 18.2 Å². The summed E-state index contributed by atoms with van der Waals surface area (Å²) in [5, 5.41) is 8.75. The number of hydrogen-bond donors (Lipinski definition) is 1. The highest BCUT2D eigenvalue weighted by molar-refractivity contribution is 8.22. The molecule has 1 aliphatic carbocycles. The molecule has 0 aromatic rings. The summed E-state index contributed by atoms with van der Waals surface area (Å²) in [4.78, 5) is 10.7. The average molecular weight is 235 g/mol. The molecule has 1 unspecified atom stereocenters. The number of aliphatic carboxylic acids is 1. The van der Waals surface area contributed by atoms with Crippen LogP contribution in [0.5, 0.6) is 0 Å². The number of carboxylic acid groups (broad SMARTS) is 1. The number of rotatable bonds is 2. The molecule has 14 heavy (non-hydrogen) atoms. The predicted octanol–water partition coefficient (Wildman–Crippen LogP) is 3.07. The molecule has 0 aromatic carbocycles. The van der Waals surface area contributed by atoms with Crippen LogP contribution in [0, 0.1) is 0 Å². The first-order valence-corrected chi connectivity index (χ1v) is 5.43. The van der Waals surface area contributed by atoms with Crippen molar-refractivity contribution in [2.75, 3.05) is 0 Å². The first-order valence-electron chi connectivity index (χ1n) is 3.79. The van der Waals surface area contributed by atoms with E-state index in [9.17, 15) is 9.18 Å². The van der Waals surface area contributed by atoms with Gasteiger partial charge in [-0.1, -0.05) is 6.08 Å². The van der Waals surface area contributed by atoms with Crippen LogP contribution < -0.4 is 0 Å². The average Bonchev–Trinajstić information content (AvgIpc) is 2.27. The van der Waals surface area contributed by atoms with Crippen LogP contribution in [0.3, 0.4) is 0 Å². The maximum Gasteiger partial charge on any atom is 0.335 e. The summed E-state index contributed by atoms with van der Waals surface area (Å²) in [7, 11) is 6.52. The SMILES string of the molecule is CC1(SCl)C=CC(F)=CC(C(=O)O)=C1. The van der Waals surface area contributed by atoms with E-state index in [-0.39, 0.29) is 5.57 Å². The molecular formula is C9H8ClFO2S. The zero-order valence-electron chi connectivity index (χ0n) is 7.33. The van der Waals surface area contributed by atoms with Crippen molar-refractivity contribution in [3.8, 4) is 0 Å². The van der Waals surface area contributed by atoms with Gasteiger partial charge >= 0.3 is 5.97 Å². The van der Waals surface area contributed by atoms with E-state index in [0.29, 0.717) is 0 Å². The lowest BCUT2D eigenvalue weighted by Crippen LogP contribution is -2.12. The summed E-state index contributed by atoms with van der Waals surface area (Å²) in [5.74, 6) is -1.76. The van der Waals surface area contributed by atoms with Crippen LogP contribution in [0.1, 0.15) is 6.92 Å². The molecule has 1 rings (SSSR count). The van der Waals surface area contributed by atoms with Gasteiger partial charge in [0.15, 0.2) is 0 Å². The molecule has 1 N–H and O–H groups in total. The Morgan fingerprint density at radius 3 is 2.86 bits per heavy atom. The van der Waals surface area contributed by atoms with E-state index in [0.717, 1.165) is 17.1 Å². The highest BCUT2D eigenvalue weighted by Gasteiger charge is 2.23. The monoisotopic (exact) mass is 234 g/mol. The second-order valence-corrected chi connectivity index (χ2v) is 4.53. The lowest BCUT2D eigenvalue weighted by Gasteiger charge is -2.16. The summed E-state index contributed by atoms with van der Waals surface area (Å²) < 4.78 is 12.3. The number of allylic oxidation sites excluding steroid dienone is 2. The van der Waals surface area contributed by atoms with Crippen LogP contribution in [0.15, 0.2) is 35.7 Å². The van der Waals surface area contributed by atoms with Gasteiger partial charge in [-0.05, 0) is 46.8 Å². The van der Waals surface area contributed by atoms with Crippen LogP contribution >= 0.6 is 21.7 Å². The second kappa shape index (κ2) is 4.19. The van der Waals surface area contributed by atoms with Gasteiger partial charge in [0.1, 0.15) is 5.83 Å². The molecule has 0 fully saturated rings. The topological polar surface area (TPSA) is 37.3 Å². The van der Waals surface area contributed by atoms with Gasteiger partial charge in [0, 0.05) is 0 Å². The molecule has 1 aliphatic rings. The number of halogens is 2. The van der Waals surface area contributed by atoms with Crippen LogP contribution in [0.25, 0.3) is 0 Å². The number of hydrogen-bond acceptors (Lipinski definition) is 2.